The zero-order valence-corrected chi connectivity index (χ0v) is 13.0. The quantitative estimate of drug-likeness (QED) is 0.807. The molecule has 3 unspecified atom stereocenters. The van der Waals surface area contributed by atoms with Crippen molar-refractivity contribution in [3.05, 3.63) is 11.7 Å². The number of nitrogens with zero attached hydrogens (tertiary/aromatic N) is 3. The molecule has 3 atom stereocenters. The average Bonchev–Trinajstić information content (AvgIpc) is 3.02. The second-order valence-corrected chi connectivity index (χ2v) is 6.45. The van der Waals surface area contributed by atoms with E-state index in [1.807, 2.05) is 0 Å². The van der Waals surface area contributed by atoms with Gasteiger partial charge in [-0.1, -0.05) is 5.16 Å². The van der Waals surface area contributed by atoms with Crippen LogP contribution in [-0.2, 0) is 4.74 Å². The van der Waals surface area contributed by atoms with Crippen molar-refractivity contribution in [2.24, 2.45) is 5.73 Å². The summed E-state index contributed by atoms with van der Waals surface area (Å²) in [5, 5.41) is 4.19. The maximum Gasteiger partial charge on any atom is 0.243 e. The van der Waals surface area contributed by atoms with E-state index in [4.69, 9.17) is 15.0 Å². The lowest BCUT2D eigenvalue weighted by molar-refractivity contribution is 0.157. The van der Waals surface area contributed by atoms with Gasteiger partial charge in [-0.2, -0.15) is 4.98 Å². The second kappa shape index (κ2) is 6.42. The Morgan fingerprint density at radius 1 is 1.38 bits per heavy atom. The molecule has 0 radical (unpaired) electrons. The summed E-state index contributed by atoms with van der Waals surface area (Å²) in [6.45, 7) is 0.715. The van der Waals surface area contributed by atoms with E-state index in [0.717, 1.165) is 31.5 Å². The lowest BCUT2D eigenvalue weighted by Crippen LogP contribution is -2.39. The third-order valence-corrected chi connectivity index (χ3v) is 5.10. The van der Waals surface area contributed by atoms with Crippen molar-refractivity contribution in [3.63, 3.8) is 0 Å². The van der Waals surface area contributed by atoms with Gasteiger partial charge in [0.15, 0.2) is 5.82 Å². The van der Waals surface area contributed by atoms with Crippen LogP contribution in [0.1, 0.15) is 62.2 Å². The fraction of sp³-hybridized carbons (Fsp3) is 0.867. The van der Waals surface area contributed by atoms with Crippen LogP contribution in [0.25, 0.3) is 0 Å². The second-order valence-electron chi connectivity index (χ2n) is 6.45. The molecule has 3 heterocycles. The topological polar surface area (TPSA) is 77.4 Å². The van der Waals surface area contributed by atoms with E-state index in [0.29, 0.717) is 30.5 Å². The molecule has 0 aliphatic carbocycles. The summed E-state index contributed by atoms with van der Waals surface area (Å²) >= 11 is 0. The number of methoxy groups -OCH3 is 1. The number of piperidine rings is 1. The lowest BCUT2D eigenvalue weighted by Gasteiger charge is -2.34. The first-order valence-electron chi connectivity index (χ1n) is 7.99. The molecule has 2 saturated heterocycles. The highest BCUT2D eigenvalue weighted by molar-refractivity contribution is 5.06. The van der Waals surface area contributed by atoms with Crippen molar-refractivity contribution in [3.8, 4) is 0 Å². The van der Waals surface area contributed by atoms with Gasteiger partial charge in [0, 0.05) is 31.7 Å². The van der Waals surface area contributed by atoms with Gasteiger partial charge in [0.1, 0.15) is 0 Å². The average molecular weight is 294 g/mol. The molecule has 0 saturated carbocycles. The van der Waals surface area contributed by atoms with Crippen LogP contribution in [0.3, 0.4) is 0 Å². The molecule has 1 aromatic heterocycles. The summed E-state index contributed by atoms with van der Waals surface area (Å²) < 4.78 is 10.4. The highest BCUT2D eigenvalue weighted by atomic mass is 16.5. The van der Waals surface area contributed by atoms with Gasteiger partial charge in [0.2, 0.25) is 5.89 Å². The molecule has 6 heteroatoms. The zero-order valence-electron chi connectivity index (χ0n) is 13.0. The monoisotopic (exact) mass is 294 g/mol. The molecule has 0 aromatic carbocycles. The highest BCUT2D eigenvalue weighted by Crippen LogP contribution is 2.41. The Balaban J connectivity index is 1.60. The van der Waals surface area contributed by atoms with Crippen molar-refractivity contribution in [2.45, 2.75) is 62.6 Å². The zero-order chi connectivity index (χ0) is 14.8. The minimum absolute atomic E-state index is 0.176. The summed E-state index contributed by atoms with van der Waals surface area (Å²) in [5.74, 6) is 1.87. The molecule has 2 N–H and O–H groups in total. The molecule has 2 aliphatic rings. The van der Waals surface area contributed by atoms with E-state index >= 15 is 0 Å². The number of rotatable bonds is 6. The van der Waals surface area contributed by atoms with Crippen LogP contribution in [0.5, 0.6) is 0 Å². The summed E-state index contributed by atoms with van der Waals surface area (Å²) in [5.41, 5.74) is 6.11. The van der Waals surface area contributed by atoms with Gasteiger partial charge < -0.3 is 19.9 Å². The minimum atomic E-state index is -0.176. The van der Waals surface area contributed by atoms with Crippen LogP contribution < -0.4 is 5.73 Å². The summed E-state index contributed by atoms with van der Waals surface area (Å²) in [6.07, 6.45) is 6.62. The van der Waals surface area contributed by atoms with Gasteiger partial charge in [-0.15, -0.1) is 0 Å². The normalized spacial score (nSPS) is 30.7. The molecular formula is C15H26N4O2. The van der Waals surface area contributed by atoms with E-state index in [9.17, 15) is 0 Å². The van der Waals surface area contributed by atoms with Crippen molar-refractivity contribution in [2.75, 3.05) is 20.8 Å². The number of fused-ring (bicyclic) bond motifs is 2. The molecule has 6 nitrogen and oxygen atoms in total. The van der Waals surface area contributed by atoms with Crippen molar-refractivity contribution in [1.29, 1.82) is 0 Å². The number of aromatic nitrogens is 2. The van der Waals surface area contributed by atoms with Gasteiger partial charge >= 0.3 is 0 Å². The molecule has 118 valence electrons. The third kappa shape index (κ3) is 3.12. The summed E-state index contributed by atoms with van der Waals surface area (Å²) in [6, 6.07) is 1.20. The predicted molar refractivity (Wildman–Crippen MR) is 78.9 cm³/mol. The Hall–Kier alpha value is -0.980. The smallest absolute Gasteiger partial charge is 0.243 e. The molecule has 3 rings (SSSR count). The van der Waals surface area contributed by atoms with E-state index in [1.54, 1.807) is 7.11 Å². The number of hydrogen-bond acceptors (Lipinski definition) is 6. The Kier molecular flexibility index (Phi) is 4.57. The molecule has 2 aliphatic heterocycles. The largest absolute Gasteiger partial charge is 0.385 e. The van der Waals surface area contributed by atoms with Crippen molar-refractivity contribution in [1.82, 2.24) is 15.0 Å². The predicted octanol–water partition coefficient (Wildman–Crippen LogP) is 1.84. The highest BCUT2D eigenvalue weighted by Gasteiger charge is 2.40. The first-order chi connectivity index (χ1) is 10.2. The van der Waals surface area contributed by atoms with Crippen LogP contribution >= 0.6 is 0 Å². The molecule has 1 aromatic rings. The molecule has 2 fully saturated rings. The van der Waals surface area contributed by atoms with E-state index in [1.165, 1.54) is 12.8 Å². The summed E-state index contributed by atoms with van der Waals surface area (Å²) in [4.78, 5) is 7.09. The van der Waals surface area contributed by atoms with Crippen LogP contribution in [0, 0.1) is 0 Å². The fourth-order valence-corrected chi connectivity index (χ4v) is 3.76. The van der Waals surface area contributed by atoms with Crippen LogP contribution in [0.15, 0.2) is 4.52 Å². The Bertz CT molecular complexity index is 450. The molecule has 21 heavy (non-hydrogen) atoms. The van der Waals surface area contributed by atoms with Gasteiger partial charge in [0.05, 0.1) is 6.04 Å². The first kappa shape index (κ1) is 14.9. The molecule has 0 spiro atoms. The fourth-order valence-electron chi connectivity index (χ4n) is 3.76. The summed E-state index contributed by atoms with van der Waals surface area (Å²) in [7, 11) is 3.94. The Morgan fingerprint density at radius 2 is 2.10 bits per heavy atom. The maximum atomic E-state index is 6.11. The van der Waals surface area contributed by atoms with Gasteiger partial charge in [-0.3, -0.25) is 0 Å². The van der Waals surface area contributed by atoms with Gasteiger partial charge in [-0.05, 0) is 45.6 Å². The first-order valence-corrected chi connectivity index (χ1v) is 7.99. The van der Waals surface area contributed by atoms with Gasteiger partial charge in [0.25, 0.3) is 0 Å². The molecule has 0 amide bonds. The lowest BCUT2D eigenvalue weighted by atomic mass is 9.90. The number of hydrogen-bond donors (Lipinski definition) is 1. The molecular weight excluding hydrogens is 268 g/mol. The van der Waals surface area contributed by atoms with Crippen LogP contribution in [0.4, 0.5) is 0 Å². The van der Waals surface area contributed by atoms with Crippen molar-refractivity contribution < 1.29 is 9.26 Å². The third-order valence-electron chi connectivity index (χ3n) is 5.10. The van der Waals surface area contributed by atoms with Crippen LogP contribution in [0.2, 0.25) is 0 Å². The van der Waals surface area contributed by atoms with Crippen LogP contribution in [-0.4, -0.2) is 47.9 Å². The van der Waals surface area contributed by atoms with Gasteiger partial charge in [-0.25, -0.2) is 0 Å². The SMILES string of the molecule is COCCCC(N)c1nc(C2CC3CCC(C2)N3C)no1. The Morgan fingerprint density at radius 3 is 2.76 bits per heavy atom. The van der Waals surface area contributed by atoms with E-state index in [2.05, 4.69) is 22.1 Å². The number of nitrogens with two attached hydrogens (primary N) is 1. The standard InChI is InChI=1S/C15H26N4O2/c1-19-11-5-6-12(19)9-10(8-11)14-17-15(21-18-14)13(16)4-3-7-20-2/h10-13H,3-9,16H2,1-2H3. The maximum absolute atomic E-state index is 6.11. The Labute approximate surface area is 126 Å². The minimum Gasteiger partial charge on any atom is -0.385 e. The van der Waals surface area contributed by atoms with E-state index in [-0.39, 0.29) is 6.04 Å². The van der Waals surface area contributed by atoms with Crippen molar-refractivity contribution >= 4 is 0 Å². The van der Waals surface area contributed by atoms with E-state index < -0.39 is 0 Å². The number of ether oxygens (including phenoxy) is 1. The molecule has 2 bridgehead atoms.